The van der Waals surface area contributed by atoms with Crippen molar-refractivity contribution in [2.24, 2.45) is 5.92 Å². The maximum atomic E-state index is 11.3. The minimum atomic E-state index is -0.208. The van der Waals surface area contributed by atoms with Crippen LogP contribution in [-0.4, -0.2) is 38.9 Å². The Morgan fingerprint density at radius 2 is 2.21 bits per heavy atom. The highest BCUT2D eigenvalue weighted by atomic mass is 16.5. The molecule has 14 heavy (non-hydrogen) atoms. The lowest BCUT2D eigenvalue weighted by Crippen LogP contribution is -2.43. The standard InChI is InChI=1S/C10H19NO3/c1-7(10(12)14-3)9(13-2)8-5-4-6-11-8/h7-9,11H,4-6H2,1-3H3/t7?,8-,9?/m0/s1. The van der Waals surface area contributed by atoms with Gasteiger partial charge in [-0.3, -0.25) is 4.79 Å². The summed E-state index contributed by atoms with van der Waals surface area (Å²) in [6.07, 6.45) is 2.14. The van der Waals surface area contributed by atoms with Crippen molar-refractivity contribution < 1.29 is 14.3 Å². The van der Waals surface area contributed by atoms with Gasteiger partial charge in [-0.1, -0.05) is 0 Å². The van der Waals surface area contributed by atoms with Crippen LogP contribution in [0.1, 0.15) is 19.8 Å². The number of nitrogens with one attached hydrogen (secondary N) is 1. The number of esters is 1. The number of carbonyl (C=O) groups excluding carboxylic acids is 1. The van der Waals surface area contributed by atoms with Gasteiger partial charge in [-0.25, -0.2) is 0 Å². The van der Waals surface area contributed by atoms with E-state index in [0.29, 0.717) is 0 Å². The lowest BCUT2D eigenvalue weighted by Gasteiger charge is -2.26. The van der Waals surface area contributed by atoms with Crippen LogP contribution in [0.5, 0.6) is 0 Å². The molecule has 4 nitrogen and oxygen atoms in total. The summed E-state index contributed by atoms with van der Waals surface area (Å²) in [7, 11) is 3.05. The quantitative estimate of drug-likeness (QED) is 0.675. The van der Waals surface area contributed by atoms with Crippen LogP contribution in [0, 0.1) is 5.92 Å². The van der Waals surface area contributed by atoms with Crippen LogP contribution in [0.3, 0.4) is 0 Å². The van der Waals surface area contributed by atoms with E-state index in [-0.39, 0.29) is 24.0 Å². The second-order valence-electron chi connectivity index (χ2n) is 3.71. The molecule has 0 aromatic rings. The summed E-state index contributed by atoms with van der Waals surface area (Å²) in [6.45, 7) is 2.86. The number of hydrogen-bond donors (Lipinski definition) is 1. The molecule has 1 N–H and O–H groups in total. The summed E-state index contributed by atoms with van der Waals surface area (Å²) in [5.41, 5.74) is 0. The molecular weight excluding hydrogens is 182 g/mol. The van der Waals surface area contributed by atoms with Crippen LogP contribution in [0.15, 0.2) is 0 Å². The molecule has 1 aliphatic rings. The molecule has 1 heterocycles. The molecule has 2 unspecified atom stereocenters. The van der Waals surface area contributed by atoms with Gasteiger partial charge in [0.25, 0.3) is 0 Å². The number of carbonyl (C=O) groups is 1. The highest BCUT2D eigenvalue weighted by Crippen LogP contribution is 2.19. The molecule has 1 fully saturated rings. The number of hydrogen-bond acceptors (Lipinski definition) is 4. The van der Waals surface area contributed by atoms with E-state index in [4.69, 9.17) is 9.47 Å². The molecule has 0 radical (unpaired) electrons. The molecule has 1 saturated heterocycles. The largest absolute Gasteiger partial charge is 0.469 e. The summed E-state index contributed by atoms with van der Waals surface area (Å²) < 4.78 is 10.1. The van der Waals surface area contributed by atoms with Gasteiger partial charge < -0.3 is 14.8 Å². The lowest BCUT2D eigenvalue weighted by atomic mass is 9.96. The van der Waals surface area contributed by atoms with Crippen LogP contribution < -0.4 is 5.32 Å². The third-order valence-corrected chi connectivity index (χ3v) is 2.83. The molecule has 0 bridgehead atoms. The fourth-order valence-electron chi connectivity index (χ4n) is 2.03. The van der Waals surface area contributed by atoms with E-state index in [2.05, 4.69) is 5.32 Å². The highest BCUT2D eigenvalue weighted by molar-refractivity contribution is 5.72. The Kier molecular flexibility index (Phi) is 4.35. The molecule has 0 spiro atoms. The Morgan fingerprint density at radius 3 is 2.64 bits per heavy atom. The van der Waals surface area contributed by atoms with Crippen LogP contribution >= 0.6 is 0 Å². The normalized spacial score (nSPS) is 25.8. The zero-order valence-electron chi connectivity index (χ0n) is 9.08. The van der Waals surface area contributed by atoms with Crippen molar-refractivity contribution in [3.05, 3.63) is 0 Å². The predicted octanol–water partition coefficient (Wildman–Crippen LogP) is 0.562. The van der Waals surface area contributed by atoms with Crippen molar-refractivity contribution >= 4 is 5.97 Å². The molecule has 82 valence electrons. The van der Waals surface area contributed by atoms with Gasteiger partial charge in [-0.15, -0.1) is 0 Å². The Labute approximate surface area is 85.0 Å². The first-order chi connectivity index (χ1) is 6.70. The van der Waals surface area contributed by atoms with E-state index in [1.807, 2.05) is 6.92 Å². The zero-order valence-corrected chi connectivity index (χ0v) is 9.08. The van der Waals surface area contributed by atoms with Crippen molar-refractivity contribution in [3.63, 3.8) is 0 Å². The van der Waals surface area contributed by atoms with Crippen molar-refractivity contribution in [1.29, 1.82) is 0 Å². The summed E-state index contributed by atoms with van der Waals surface area (Å²) in [4.78, 5) is 11.3. The monoisotopic (exact) mass is 201 g/mol. The van der Waals surface area contributed by atoms with Crippen LogP contribution in [0.4, 0.5) is 0 Å². The molecule has 0 aromatic heterocycles. The lowest BCUT2D eigenvalue weighted by molar-refractivity contribution is -0.150. The third-order valence-electron chi connectivity index (χ3n) is 2.83. The molecule has 1 rings (SSSR count). The molecule has 0 aromatic carbocycles. The second kappa shape index (κ2) is 5.32. The topological polar surface area (TPSA) is 47.6 Å². The maximum Gasteiger partial charge on any atom is 0.311 e. The van der Waals surface area contributed by atoms with Gasteiger partial charge in [0.1, 0.15) is 0 Å². The Bertz CT molecular complexity index is 190. The Hall–Kier alpha value is -0.610. The maximum absolute atomic E-state index is 11.3. The molecule has 4 heteroatoms. The molecule has 3 atom stereocenters. The van der Waals surface area contributed by atoms with Gasteiger partial charge in [0.2, 0.25) is 0 Å². The average molecular weight is 201 g/mol. The minimum absolute atomic E-state index is 0.0788. The Morgan fingerprint density at radius 1 is 1.50 bits per heavy atom. The number of ether oxygens (including phenoxy) is 2. The molecule has 0 saturated carbocycles. The zero-order chi connectivity index (χ0) is 10.6. The SMILES string of the molecule is COC(=O)C(C)C(OC)[C@@H]1CCCN1. The van der Waals surface area contributed by atoms with Crippen molar-refractivity contribution in [3.8, 4) is 0 Å². The van der Waals surface area contributed by atoms with Gasteiger partial charge in [0.05, 0.1) is 19.1 Å². The first-order valence-corrected chi connectivity index (χ1v) is 5.04. The van der Waals surface area contributed by atoms with E-state index in [9.17, 15) is 4.79 Å². The van der Waals surface area contributed by atoms with E-state index in [1.54, 1.807) is 7.11 Å². The van der Waals surface area contributed by atoms with Gasteiger partial charge in [-0.2, -0.15) is 0 Å². The Balaban J connectivity index is 2.55. The van der Waals surface area contributed by atoms with E-state index >= 15 is 0 Å². The molecular formula is C10H19NO3. The highest BCUT2D eigenvalue weighted by Gasteiger charge is 2.33. The van der Waals surface area contributed by atoms with E-state index < -0.39 is 0 Å². The smallest absolute Gasteiger partial charge is 0.311 e. The third kappa shape index (κ3) is 2.45. The first kappa shape index (κ1) is 11.5. The van der Waals surface area contributed by atoms with Gasteiger partial charge in [0, 0.05) is 13.2 Å². The van der Waals surface area contributed by atoms with E-state index in [0.717, 1.165) is 19.4 Å². The fourth-order valence-corrected chi connectivity index (χ4v) is 2.03. The van der Waals surface area contributed by atoms with E-state index in [1.165, 1.54) is 7.11 Å². The average Bonchev–Trinajstić information content (AvgIpc) is 2.71. The summed E-state index contributed by atoms with van der Waals surface area (Å²) in [5, 5.41) is 3.33. The molecule has 0 amide bonds. The van der Waals surface area contributed by atoms with Crippen molar-refractivity contribution in [2.75, 3.05) is 20.8 Å². The van der Waals surface area contributed by atoms with Crippen molar-refractivity contribution in [2.45, 2.75) is 31.9 Å². The first-order valence-electron chi connectivity index (χ1n) is 5.04. The minimum Gasteiger partial charge on any atom is -0.469 e. The number of rotatable bonds is 4. The second-order valence-corrected chi connectivity index (χ2v) is 3.71. The summed E-state index contributed by atoms with van der Waals surface area (Å²) >= 11 is 0. The van der Waals surface area contributed by atoms with Crippen LogP contribution in [-0.2, 0) is 14.3 Å². The van der Waals surface area contributed by atoms with Crippen molar-refractivity contribution in [1.82, 2.24) is 5.32 Å². The van der Waals surface area contributed by atoms with Gasteiger partial charge >= 0.3 is 5.97 Å². The fraction of sp³-hybridized carbons (Fsp3) is 0.900. The van der Waals surface area contributed by atoms with Crippen LogP contribution in [0.2, 0.25) is 0 Å². The van der Waals surface area contributed by atoms with Gasteiger partial charge in [-0.05, 0) is 26.3 Å². The predicted molar refractivity (Wildman–Crippen MR) is 53.0 cm³/mol. The van der Waals surface area contributed by atoms with Gasteiger partial charge in [0.15, 0.2) is 0 Å². The molecule has 1 aliphatic heterocycles. The summed E-state index contributed by atoms with van der Waals surface area (Å²) in [5.74, 6) is -0.411. The molecule has 0 aliphatic carbocycles. The summed E-state index contributed by atoms with van der Waals surface area (Å²) in [6, 6.07) is 0.286. The van der Waals surface area contributed by atoms with Crippen LogP contribution in [0.25, 0.3) is 0 Å². The number of methoxy groups -OCH3 is 2.